The Hall–Kier alpha value is -1.81. The predicted molar refractivity (Wildman–Crippen MR) is 83.3 cm³/mol. The zero-order chi connectivity index (χ0) is 14.1. The third kappa shape index (κ3) is 2.31. The van der Waals surface area contributed by atoms with Gasteiger partial charge < -0.3 is 15.2 Å². The number of hydrogen-bond donors (Lipinski definition) is 2. The van der Waals surface area contributed by atoms with Crippen LogP contribution in [0, 0.1) is 0 Å². The molecule has 2 heterocycles. The maximum atomic E-state index is 12.1. The smallest absolute Gasteiger partial charge is 0.252 e. The first-order valence-electron chi connectivity index (χ1n) is 7.25. The molecule has 0 aliphatic carbocycles. The first-order chi connectivity index (χ1) is 9.66. The molecule has 0 bridgehead atoms. The molecule has 1 aromatic heterocycles. The van der Waals surface area contributed by atoms with E-state index in [0.717, 1.165) is 29.6 Å². The number of aromatic nitrogens is 1. The summed E-state index contributed by atoms with van der Waals surface area (Å²) in [5.74, 6) is 0. The molecule has 1 aliphatic rings. The maximum absolute atomic E-state index is 12.1. The van der Waals surface area contributed by atoms with Gasteiger partial charge in [-0.05, 0) is 32.4 Å². The first-order valence-corrected chi connectivity index (χ1v) is 7.25. The van der Waals surface area contributed by atoms with Gasteiger partial charge in [-0.15, -0.1) is 0 Å². The molecule has 3 rings (SSSR count). The number of rotatable bonds is 2. The van der Waals surface area contributed by atoms with Gasteiger partial charge in [0.2, 0.25) is 0 Å². The lowest BCUT2D eigenvalue weighted by Crippen LogP contribution is -2.46. The van der Waals surface area contributed by atoms with Crippen molar-refractivity contribution >= 4 is 16.6 Å². The van der Waals surface area contributed by atoms with Gasteiger partial charge >= 0.3 is 0 Å². The lowest BCUT2D eigenvalue weighted by Gasteiger charge is -2.31. The number of benzene rings is 1. The zero-order valence-electron chi connectivity index (χ0n) is 12.0. The van der Waals surface area contributed by atoms with E-state index in [9.17, 15) is 4.79 Å². The summed E-state index contributed by atoms with van der Waals surface area (Å²) >= 11 is 0. The van der Waals surface area contributed by atoms with E-state index in [0.29, 0.717) is 12.1 Å². The highest BCUT2D eigenvalue weighted by Crippen LogP contribution is 2.23. The van der Waals surface area contributed by atoms with Crippen LogP contribution in [-0.4, -0.2) is 23.2 Å². The molecule has 1 saturated heterocycles. The number of nitrogens with one attached hydrogen (secondary N) is 2. The third-order valence-corrected chi connectivity index (χ3v) is 4.26. The Kier molecular flexibility index (Phi) is 3.49. The third-order valence-electron chi connectivity index (χ3n) is 4.26. The first kappa shape index (κ1) is 13.2. The predicted octanol–water partition coefficient (Wildman–Crippen LogP) is 2.09. The van der Waals surface area contributed by atoms with E-state index in [1.54, 1.807) is 10.6 Å². The van der Waals surface area contributed by atoms with Crippen molar-refractivity contribution in [3.05, 3.63) is 40.7 Å². The average Bonchev–Trinajstić information content (AvgIpc) is 2.47. The highest BCUT2D eigenvalue weighted by Gasteiger charge is 2.21. The molecule has 0 radical (unpaired) electrons. The van der Waals surface area contributed by atoms with Crippen LogP contribution in [-0.2, 0) is 7.05 Å². The molecule has 1 aromatic carbocycles. The Morgan fingerprint density at radius 3 is 2.95 bits per heavy atom. The minimum atomic E-state index is 0.0302. The Bertz CT molecular complexity index is 677. The number of hydrogen-bond acceptors (Lipinski definition) is 3. The summed E-state index contributed by atoms with van der Waals surface area (Å²) in [5.41, 5.74) is 1.95. The van der Waals surface area contributed by atoms with Crippen molar-refractivity contribution in [1.82, 2.24) is 9.88 Å². The molecular weight excluding hydrogens is 250 g/mol. The molecule has 0 saturated carbocycles. The van der Waals surface area contributed by atoms with Crippen LogP contribution in [0.25, 0.3) is 10.9 Å². The topological polar surface area (TPSA) is 46.1 Å². The molecule has 2 atom stereocenters. The van der Waals surface area contributed by atoms with Crippen molar-refractivity contribution in [3.8, 4) is 0 Å². The number of piperidine rings is 1. The number of pyridine rings is 1. The van der Waals surface area contributed by atoms with Crippen LogP contribution >= 0.6 is 0 Å². The molecule has 1 fully saturated rings. The molecule has 0 spiro atoms. The van der Waals surface area contributed by atoms with Gasteiger partial charge in [-0.1, -0.05) is 18.2 Å². The van der Waals surface area contributed by atoms with Crippen molar-refractivity contribution in [3.63, 3.8) is 0 Å². The minimum absolute atomic E-state index is 0.0302. The molecule has 0 amide bonds. The Morgan fingerprint density at radius 1 is 1.35 bits per heavy atom. The van der Waals surface area contributed by atoms with Crippen molar-refractivity contribution in [2.24, 2.45) is 7.05 Å². The summed E-state index contributed by atoms with van der Waals surface area (Å²) in [7, 11) is 1.82. The van der Waals surface area contributed by atoms with E-state index in [2.05, 4.69) is 23.6 Å². The molecule has 2 unspecified atom stereocenters. The molecular formula is C16H21N3O. The summed E-state index contributed by atoms with van der Waals surface area (Å²) in [5, 5.41) is 8.15. The summed E-state index contributed by atoms with van der Waals surface area (Å²) < 4.78 is 1.70. The van der Waals surface area contributed by atoms with Crippen LogP contribution in [0.15, 0.2) is 35.1 Å². The second-order valence-corrected chi connectivity index (χ2v) is 5.61. The largest absolute Gasteiger partial charge is 0.380 e. The molecule has 4 heteroatoms. The SMILES string of the molecule is CC1NCCCC1Nc1cc(=O)n(C)c2ccccc12. The van der Waals surface area contributed by atoms with Crippen LogP contribution in [0.3, 0.4) is 0 Å². The normalized spacial score (nSPS) is 22.9. The van der Waals surface area contributed by atoms with E-state index in [4.69, 9.17) is 0 Å². The summed E-state index contributed by atoms with van der Waals surface area (Å²) in [4.78, 5) is 12.1. The van der Waals surface area contributed by atoms with Crippen LogP contribution in [0.4, 0.5) is 5.69 Å². The van der Waals surface area contributed by atoms with Crippen LogP contribution < -0.4 is 16.2 Å². The van der Waals surface area contributed by atoms with Gasteiger partial charge in [-0.3, -0.25) is 4.79 Å². The fraction of sp³-hybridized carbons (Fsp3) is 0.438. The number of fused-ring (bicyclic) bond motifs is 1. The lowest BCUT2D eigenvalue weighted by atomic mass is 9.99. The van der Waals surface area contributed by atoms with Gasteiger partial charge in [0.15, 0.2) is 0 Å². The summed E-state index contributed by atoms with van der Waals surface area (Å²) in [6.45, 7) is 3.27. The van der Waals surface area contributed by atoms with Crippen molar-refractivity contribution in [2.45, 2.75) is 31.8 Å². The highest BCUT2D eigenvalue weighted by atomic mass is 16.1. The molecule has 2 N–H and O–H groups in total. The van der Waals surface area contributed by atoms with E-state index in [-0.39, 0.29) is 5.56 Å². The number of para-hydroxylation sites is 1. The molecule has 1 aliphatic heterocycles. The molecule has 20 heavy (non-hydrogen) atoms. The van der Waals surface area contributed by atoms with Gasteiger partial charge in [0.05, 0.1) is 5.52 Å². The minimum Gasteiger partial charge on any atom is -0.380 e. The number of anilines is 1. The van der Waals surface area contributed by atoms with Gasteiger partial charge in [0.1, 0.15) is 0 Å². The van der Waals surface area contributed by atoms with E-state index < -0.39 is 0 Å². The Balaban J connectivity index is 2.03. The van der Waals surface area contributed by atoms with Crippen molar-refractivity contribution < 1.29 is 0 Å². The average molecular weight is 271 g/mol. The quantitative estimate of drug-likeness (QED) is 0.879. The highest BCUT2D eigenvalue weighted by molar-refractivity contribution is 5.91. The number of aryl methyl sites for hydroxylation is 1. The molecule has 106 valence electrons. The fourth-order valence-corrected chi connectivity index (χ4v) is 2.97. The number of nitrogens with zero attached hydrogens (tertiary/aromatic N) is 1. The van der Waals surface area contributed by atoms with Gasteiger partial charge in [-0.2, -0.15) is 0 Å². The summed E-state index contributed by atoms with van der Waals surface area (Å²) in [6.07, 6.45) is 2.31. The van der Waals surface area contributed by atoms with Crippen molar-refractivity contribution in [1.29, 1.82) is 0 Å². The van der Waals surface area contributed by atoms with Crippen LogP contribution in [0.2, 0.25) is 0 Å². The fourth-order valence-electron chi connectivity index (χ4n) is 2.97. The monoisotopic (exact) mass is 271 g/mol. The van der Waals surface area contributed by atoms with E-state index in [1.807, 2.05) is 25.2 Å². The van der Waals surface area contributed by atoms with E-state index >= 15 is 0 Å². The Labute approximate surface area is 118 Å². The summed E-state index contributed by atoms with van der Waals surface area (Å²) in [6, 6.07) is 10.6. The van der Waals surface area contributed by atoms with E-state index in [1.165, 1.54) is 6.42 Å². The second kappa shape index (κ2) is 5.29. The van der Waals surface area contributed by atoms with Crippen molar-refractivity contribution in [2.75, 3.05) is 11.9 Å². The Morgan fingerprint density at radius 2 is 2.15 bits per heavy atom. The second-order valence-electron chi connectivity index (χ2n) is 5.61. The van der Waals surface area contributed by atoms with Gasteiger partial charge in [0, 0.05) is 36.3 Å². The molecule has 4 nitrogen and oxygen atoms in total. The zero-order valence-corrected chi connectivity index (χ0v) is 12.0. The van der Waals surface area contributed by atoms with Gasteiger partial charge in [0.25, 0.3) is 5.56 Å². The van der Waals surface area contributed by atoms with Crippen LogP contribution in [0.1, 0.15) is 19.8 Å². The maximum Gasteiger partial charge on any atom is 0.252 e. The van der Waals surface area contributed by atoms with Gasteiger partial charge in [-0.25, -0.2) is 0 Å². The van der Waals surface area contributed by atoms with Crippen LogP contribution in [0.5, 0.6) is 0 Å². The lowest BCUT2D eigenvalue weighted by molar-refractivity contribution is 0.389. The molecule has 2 aromatic rings. The standard InChI is InChI=1S/C16H21N3O/c1-11-13(7-5-9-17-11)18-14-10-16(20)19(2)15-8-4-3-6-12(14)15/h3-4,6,8,10-11,13,17-18H,5,7,9H2,1-2H3.